The first-order valence-corrected chi connectivity index (χ1v) is 11.9. The van der Waals surface area contributed by atoms with Gasteiger partial charge in [0.25, 0.3) is 0 Å². The third-order valence-electron chi connectivity index (χ3n) is 5.78. The molecule has 1 N–H and O–H groups in total. The molecule has 2 aromatic rings. The topological polar surface area (TPSA) is 63.6 Å². The lowest BCUT2D eigenvalue weighted by Crippen LogP contribution is -2.39. The predicted octanol–water partition coefficient (Wildman–Crippen LogP) is 5.90. The molecule has 2 aliphatic rings. The smallest absolute Gasteiger partial charge is 0.338 e. The molecule has 1 unspecified atom stereocenters. The van der Waals surface area contributed by atoms with Crippen LogP contribution in [0.3, 0.4) is 0 Å². The van der Waals surface area contributed by atoms with E-state index in [0.29, 0.717) is 27.4 Å². The molecule has 0 radical (unpaired) electrons. The normalized spacial score (nSPS) is 18.5. The number of nitrogens with zero attached hydrogens (tertiary/aromatic N) is 1. The first-order valence-electron chi connectivity index (χ1n) is 9.96. The summed E-state index contributed by atoms with van der Waals surface area (Å²) in [6.45, 7) is 2.07. The Kier molecular flexibility index (Phi) is 8.16. The summed E-state index contributed by atoms with van der Waals surface area (Å²) in [7, 11) is 0. The first kappa shape index (κ1) is 24.6. The zero-order valence-corrected chi connectivity index (χ0v) is 19.8. The second-order valence-corrected chi connectivity index (χ2v) is 10.6. The minimum absolute atomic E-state index is 0. The van der Waals surface area contributed by atoms with Gasteiger partial charge in [0.2, 0.25) is 0 Å². The summed E-state index contributed by atoms with van der Waals surface area (Å²) in [6.07, 6.45) is 3.54. The highest BCUT2D eigenvalue weighted by Crippen LogP contribution is 2.43. The minimum atomic E-state index is -1.23. The molecule has 4 rings (SSSR count). The predicted molar refractivity (Wildman–Crippen MR) is 124 cm³/mol. The fourth-order valence-electron chi connectivity index (χ4n) is 4.07. The molecule has 0 bridgehead atoms. The van der Waals surface area contributed by atoms with Crippen molar-refractivity contribution >= 4 is 52.8 Å². The zero-order valence-electron chi connectivity index (χ0n) is 16.7. The van der Waals surface area contributed by atoms with Gasteiger partial charge in [-0.15, -0.1) is 12.4 Å². The van der Waals surface area contributed by atoms with Gasteiger partial charge in [0.05, 0.1) is 5.56 Å². The summed E-state index contributed by atoms with van der Waals surface area (Å²) in [5.41, 5.74) is 1.56. The van der Waals surface area contributed by atoms with Gasteiger partial charge in [-0.1, -0.05) is 23.2 Å². The van der Waals surface area contributed by atoms with Gasteiger partial charge in [-0.05, 0) is 59.3 Å². The Bertz CT molecular complexity index is 945. The van der Waals surface area contributed by atoms with Crippen molar-refractivity contribution < 1.29 is 18.8 Å². The second-order valence-electron chi connectivity index (χ2n) is 7.99. The second kappa shape index (κ2) is 10.3. The van der Waals surface area contributed by atoms with Crippen molar-refractivity contribution in [2.75, 3.05) is 13.1 Å². The number of hydrogen-bond donors (Lipinski definition) is 1. The van der Waals surface area contributed by atoms with E-state index >= 15 is 0 Å². The van der Waals surface area contributed by atoms with Crippen LogP contribution in [0.4, 0.5) is 4.39 Å². The minimum Gasteiger partial charge on any atom is -0.611 e. The number of carboxylic acid groups (broad SMARTS) is 1. The lowest BCUT2D eigenvalue weighted by molar-refractivity contribution is 0.0691. The van der Waals surface area contributed by atoms with E-state index in [1.165, 1.54) is 12.1 Å². The molecule has 2 aromatic carbocycles. The number of benzene rings is 2. The fourth-order valence-corrected chi connectivity index (χ4v) is 6.23. The Hall–Kier alpha value is -1.02. The summed E-state index contributed by atoms with van der Waals surface area (Å²) < 4.78 is 27.2. The molecule has 1 saturated carbocycles. The van der Waals surface area contributed by atoms with E-state index in [0.717, 1.165) is 49.9 Å². The van der Waals surface area contributed by atoms with Gasteiger partial charge in [0.15, 0.2) is 4.90 Å². The molecule has 1 aliphatic carbocycles. The van der Waals surface area contributed by atoms with Crippen LogP contribution >= 0.6 is 35.6 Å². The van der Waals surface area contributed by atoms with Gasteiger partial charge >= 0.3 is 5.97 Å². The van der Waals surface area contributed by atoms with E-state index in [-0.39, 0.29) is 23.2 Å². The van der Waals surface area contributed by atoms with Gasteiger partial charge in [-0.25, -0.2) is 9.18 Å². The Labute approximate surface area is 200 Å². The summed E-state index contributed by atoms with van der Waals surface area (Å²) in [5, 5.41) is 10.2. The van der Waals surface area contributed by atoms with Crippen molar-refractivity contribution in [3.8, 4) is 0 Å². The van der Waals surface area contributed by atoms with E-state index in [4.69, 9.17) is 23.2 Å². The lowest BCUT2D eigenvalue weighted by Gasteiger charge is -2.33. The number of piperidine rings is 1. The third kappa shape index (κ3) is 5.86. The molecule has 9 heteroatoms. The van der Waals surface area contributed by atoms with Crippen LogP contribution in [0.15, 0.2) is 35.2 Å². The number of rotatable bonds is 6. The molecule has 1 saturated heterocycles. The van der Waals surface area contributed by atoms with E-state index in [9.17, 15) is 18.8 Å². The standard InChI is InChI=1S/C22H22Cl2FNO3S.ClH/c23-15-8-16(24)10-18(9-15)30(29)17-3-5-26(6-4-17)12-14-7-21(25)20(22(27)28)11-19(14)13-1-2-13;/h7-11,13,17H,1-6,12H2,(H,27,28);1H. The highest BCUT2D eigenvalue weighted by Gasteiger charge is 2.32. The molecule has 1 atom stereocenters. The largest absolute Gasteiger partial charge is 0.611 e. The quantitative estimate of drug-likeness (QED) is 0.495. The molecule has 1 heterocycles. The lowest BCUT2D eigenvalue weighted by atomic mass is 9.98. The van der Waals surface area contributed by atoms with Gasteiger partial charge in [0, 0.05) is 54.7 Å². The van der Waals surface area contributed by atoms with Crippen LogP contribution in [-0.2, 0) is 17.7 Å². The fraction of sp³-hybridized carbons (Fsp3) is 0.409. The van der Waals surface area contributed by atoms with Crippen LogP contribution in [0.5, 0.6) is 0 Å². The van der Waals surface area contributed by atoms with Crippen LogP contribution < -0.4 is 0 Å². The summed E-state index contributed by atoms with van der Waals surface area (Å²) in [4.78, 5) is 14.2. The van der Waals surface area contributed by atoms with Crippen LogP contribution in [0.2, 0.25) is 10.0 Å². The van der Waals surface area contributed by atoms with Gasteiger partial charge in [-0.3, -0.25) is 4.90 Å². The average molecular weight is 507 g/mol. The van der Waals surface area contributed by atoms with E-state index in [1.54, 1.807) is 18.2 Å². The van der Waals surface area contributed by atoms with Gasteiger partial charge in [-0.2, -0.15) is 0 Å². The number of halogens is 4. The summed E-state index contributed by atoms with van der Waals surface area (Å²) in [6, 6.07) is 7.92. The summed E-state index contributed by atoms with van der Waals surface area (Å²) >= 11 is 10.9. The third-order valence-corrected chi connectivity index (χ3v) is 7.99. The molecule has 4 nitrogen and oxygen atoms in total. The van der Waals surface area contributed by atoms with Crippen LogP contribution in [0.25, 0.3) is 0 Å². The maximum Gasteiger partial charge on any atom is 0.338 e. The molecule has 0 spiro atoms. The molecule has 2 fully saturated rings. The molecule has 1 aliphatic heterocycles. The molecule has 0 aromatic heterocycles. The monoisotopic (exact) mass is 505 g/mol. The van der Waals surface area contributed by atoms with Crippen molar-refractivity contribution in [1.82, 2.24) is 4.90 Å². The Balaban J connectivity index is 0.00000272. The van der Waals surface area contributed by atoms with Crippen LogP contribution in [-0.4, -0.2) is 38.9 Å². The van der Waals surface area contributed by atoms with Crippen LogP contribution in [0, 0.1) is 5.82 Å². The van der Waals surface area contributed by atoms with E-state index in [2.05, 4.69) is 4.90 Å². The maximum atomic E-state index is 14.3. The Morgan fingerprint density at radius 3 is 2.26 bits per heavy atom. The highest BCUT2D eigenvalue weighted by atomic mass is 35.5. The molecule has 31 heavy (non-hydrogen) atoms. The van der Waals surface area contributed by atoms with E-state index < -0.39 is 23.0 Å². The van der Waals surface area contributed by atoms with Gasteiger partial charge in [0.1, 0.15) is 11.1 Å². The van der Waals surface area contributed by atoms with Crippen molar-refractivity contribution in [3.63, 3.8) is 0 Å². The van der Waals surface area contributed by atoms with Crippen LogP contribution in [0.1, 0.15) is 53.1 Å². The number of aromatic carboxylic acids is 1. The molecular weight excluding hydrogens is 484 g/mol. The van der Waals surface area contributed by atoms with Gasteiger partial charge < -0.3 is 9.66 Å². The molecule has 168 valence electrons. The molecule has 0 amide bonds. The van der Waals surface area contributed by atoms with Crippen molar-refractivity contribution in [2.45, 2.75) is 48.3 Å². The molecular formula is C22H23Cl3FNO3S. The van der Waals surface area contributed by atoms with Crippen molar-refractivity contribution in [2.24, 2.45) is 0 Å². The SMILES string of the molecule is Cl.O=C(O)c1cc(C2CC2)c(CN2CCC([S+]([O-])c3cc(Cl)cc(Cl)c3)CC2)cc1F. The maximum absolute atomic E-state index is 14.3. The van der Waals surface area contributed by atoms with E-state index in [1.807, 2.05) is 0 Å². The summed E-state index contributed by atoms with van der Waals surface area (Å²) in [5.74, 6) is -1.59. The first-order chi connectivity index (χ1) is 14.3. The number of carbonyl (C=O) groups is 1. The number of hydrogen-bond acceptors (Lipinski definition) is 3. The van der Waals surface area contributed by atoms with Crippen molar-refractivity contribution in [3.05, 3.63) is 62.9 Å². The Morgan fingerprint density at radius 2 is 1.71 bits per heavy atom. The van der Waals surface area contributed by atoms with Crippen molar-refractivity contribution in [1.29, 1.82) is 0 Å². The highest BCUT2D eigenvalue weighted by molar-refractivity contribution is 7.92. The number of likely N-dealkylation sites (tertiary alicyclic amines) is 1. The zero-order chi connectivity index (χ0) is 21.4. The Morgan fingerprint density at radius 1 is 1.10 bits per heavy atom. The average Bonchev–Trinajstić information content (AvgIpc) is 3.52. The number of carboxylic acids is 1.